The highest BCUT2D eigenvalue weighted by molar-refractivity contribution is 6.30. The van der Waals surface area contributed by atoms with E-state index in [0.717, 1.165) is 16.8 Å². The van der Waals surface area contributed by atoms with Crippen LogP contribution in [0.15, 0.2) is 66.7 Å². The number of β-lactam (4-membered cyclic amide) rings is 1. The molecular formula is C25H23ClN2O3. The van der Waals surface area contributed by atoms with E-state index in [1.807, 2.05) is 44.2 Å². The highest BCUT2D eigenvalue weighted by Crippen LogP contribution is 2.46. The van der Waals surface area contributed by atoms with Gasteiger partial charge < -0.3 is 10.1 Å². The first-order valence-corrected chi connectivity index (χ1v) is 10.4. The van der Waals surface area contributed by atoms with Crippen LogP contribution in [0.1, 0.15) is 23.1 Å². The first-order chi connectivity index (χ1) is 14.9. The Kier molecular flexibility index (Phi) is 5.46. The van der Waals surface area contributed by atoms with Crippen LogP contribution in [0.3, 0.4) is 0 Å². The molecule has 2 amide bonds. The summed E-state index contributed by atoms with van der Waals surface area (Å²) < 4.78 is 5.27. The molecule has 1 atom stereocenters. The molecular weight excluding hydrogens is 412 g/mol. The molecule has 1 fully saturated rings. The predicted molar refractivity (Wildman–Crippen MR) is 123 cm³/mol. The Bertz CT molecular complexity index is 1120. The fourth-order valence-corrected chi connectivity index (χ4v) is 4.22. The average Bonchev–Trinajstić information content (AvgIpc) is 2.76. The van der Waals surface area contributed by atoms with Crippen molar-refractivity contribution in [3.63, 3.8) is 0 Å². The zero-order valence-corrected chi connectivity index (χ0v) is 18.4. The minimum absolute atomic E-state index is 0.0682. The van der Waals surface area contributed by atoms with Crippen molar-refractivity contribution in [1.29, 1.82) is 0 Å². The Balaban J connectivity index is 1.82. The van der Waals surface area contributed by atoms with Crippen LogP contribution in [-0.2, 0) is 15.1 Å². The fraction of sp³-hybridized carbons (Fsp3) is 0.200. The molecule has 3 aromatic rings. The second-order valence-electron chi connectivity index (χ2n) is 7.69. The second kappa shape index (κ2) is 8.08. The van der Waals surface area contributed by atoms with Crippen molar-refractivity contribution >= 4 is 34.8 Å². The van der Waals surface area contributed by atoms with Gasteiger partial charge in [0, 0.05) is 16.4 Å². The number of nitrogens with one attached hydrogen (secondary N) is 1. The Morgan fingerprint density at radius 1 is 1.00 bits per heavy atom. The number of ether oxygens (including phenoxy) is 1. The molecule has 6 heteroatoms. The highest BCUT2D eigenvalue weighted by atomic mass is 35.5. The molecule has 1 N–H and O–H groups in total. The molecule has 0 aliphatic carbocycles. The molecule has 4 rings (SSSR count). The number of nitrogens with zero attached hydrogens (tertiary/aromatic N) is 1. The standard InChI is InChI=1S/C25H23ClN2O3/c1-16-5-4-6-17(2)23(16)27-24(30)25(18-7-13-21(31-3)14-8-18)15-22(29)28(25)20-11-9-19(26)10-12-20/h4-14H,15H2,1-3H3,(H,27,30)/t25-/m0/s1. The van der Waals surface area contributed by atoms with Crippen LogP contribution in [-0.4, -0.2) is 18.9 Å². The lowest BCUT2D eigenvalue weighted by atomic mass is 9.76. The van der Waals surface area contributed by atoms with Crippen molar-refractivity contribution in [3.8, 4) is 5.75 Å². The number of anilines is 2. The summed E-state index contributed by atoms with van der Waals surface area (Å²) in [7, 11) is 1.59. The summed E-state index contributed by atoms with van der Waals surface area (Å²) >= 11 is 6.04. The van der Waals surface area contributed by atoms with Gasteiger partial charge in [-0.3, -0.25) is 14.5 Å². The van der Waals surface area contributed by atoms with Crippen LogP contribution in [0.4, 0.5) is 11.4 Å². The largest absolute Gasteiger partial charge is 0.497 e. The van der Waals surface area contributed by atoms with Gasteiger partial charge in [0.05, 0.1) is 13.5 Å². The summed E-state index contributed by atoms with van der Waals surface area (Å²) in [5.74, 6) is 0.289. The monoisotopic (exact) mass is 434 g/mol. The lowest BCUT2D eigenvalue weighted by Gasteiger charge is -2.50. The number of methoxy groups -OCH3 is 1. The predicted octanol–water partition coefficient (Wildman–Crippen LogP) is 5.24. The van der Waals surface area contributed by atoms with Gasteiger partial charge in [-0.25, -0.2) is 0 Å². The molecule has 0 radical (unpaired) electrons. The third kappa shape index (κ3) is 3.55. The Morgan fingerprint density at radius 2 is 1.61 bits per heavy atom. The molecule has 1 aliphatic rings. The third-order valence-electron chi connectivity index (χ3n) is 5.79. The first kappa shape index (κ1) is 20.9. The number of hydrogen-bond donors (Lipinski definition) is 1. The summed E-state index contributed by atoms with van der Waals surface area (Å²) in [6.07, 6.45) is 0.0682. The Labute approximate surface area is 186 Å². The molecule has 0 bridgehead atoms. The fourth-order valence-electron chi connectivity index (χ4n) is 4.09. The van der Waals surface area contributed by atoms with Gasteiger partial charge in [0.1, 0.15) is 5.75 Å². The molecule has 1 aliphatic heterocycles. The molecule has 3 aromatic carbocycles. The number of halogens is 1. The van der Waals surface area contributed by atoms with Gasteiger partial charge in [-0.05, 0) is 66.9 Å². The van der Waals surface area contributed by atoms with Crippen molar-refractivity contribution in [2.75, 3.05) is 17.3 Å². The lowest BCUT2D eigenvalue weighted by molar-refractivity contribution is -0.137. The van der Waals surface area contributed by atoms with E-state index in [0.29, 0.717) is 22.0 Å². The van der Waals surface area contributed by atoms with Crippen LogP contribution < -0.4 is 15.0 Å². The van der Waals surface area contributed by atoms with E-state index in [-0.39, 0.29) is 18.2 Å². The van der Waals surface area contributed by atoms with Crippen molar-refractivity contribution in [2.45, 2.75) is 25.8 Å². The minimum atomic E-state index is -1.17. The zero-order valence-electron chi connectivity index (χ0n) is 17.6. The Morgan fingerprint density at radius 3 is 2.16 bits per heavy atom. The third-order valence-corrected chi connectivity index (χ3v) is 6.04. The number of carbonyl (C=O) groups is 2. The average molecular weight is 435 g/mol. The van der Waals surface area contributed by atoms with E-state index in [4.69, 9.17) is 16.3 Å². The van der Waals surface area contributed by atoms with Gasteiger partial charge in [-0.2, -0.15) is 0 Å². The number of rotatable bonds is 5. The van der Waals surface area contributed by atoms with E-state index in [2.05, 4.69) is 5.32 Å². The van der Waals surface area contributed by atoms with Crippen LogP contribution in [0.2, 0.25) is 5.02 Å². The molecule has 31 heavy (non-hydrogen) atoms. The van der Waals surface area contributed by atoms with Gasteiger partial charge in [0.25, 0.3) is 5.91 Å². The maximum absolute atomic E-state index is 13.8. The maximum Gasteiger partial charge on any atom is 0.255 e. The summed E-state index contributed by atoms with van der Waals surface area (Å²) in [6.45, 7) is 3.90. The van der Waals surface area contributed by atoms with E-state index in [1.165, 1.54) is 0 Å². The smallest absolute Gasteiger partial charge is 0.255 e. The van der Waals surface area contributed by atoms with Crippen LogP contribution >= 0.6 is 11.6 Å². The number of carbonyl (C=O) groups excluding carboxylic acids is 2. The van der Waals surface area contributed by atoms with Crippen molar-refractivity contribution < 1.29 is 14.3 Å². The summed E-state index contributed by atoms with van der Waals surface area (Å²) in [4.78, 5) is 28.2. The van der Waals surface area contributed by atoms with Crippen molar-refractivity contribution in [3.05, 3.63) is 88.4 Å². The van der Waals surface area contributed by atoms with E-state index >= 15 is 0 Å². The van der Waals surface area contributed by atoms with Gasteiger partial charge >= 0.3 is 0 Å². The van der Waals surface area contributed by atoms with Crippen molar-refractivity contribution in [1.82, 2.24) is 0 Å². The molecule has 158 valence electrons. The van der Waals surface area contributed by atoms with Crippen LogP contribution in [0.25, 0.3) is 0 Å². The number of aryl methyl sites for hydroxylation is 2. The highest BCUT2D eigenvalue weighted by Gasteiger charge is 2.58. The number of amides is 2. The zero-order chi connectivity index (χ0) is 22.2. The van der Waals surface area contributed by atoms with Gasteiger partial charge in [-0.15, -0.1) is 0 Å². The van der Waals surface area contributed by atoms with Gasteiger partial charge in [0.15, 0.2) is 5.54 Å². The Hall–Kier alpha value is -3.31. The summed E-state index contributed by atoms with van der Waals surface area (Å²) in [6, 6.07) is 20.0. The lowest BCUT2D eigenvalue weighted by Crippen LogP contribution is -2.67. The van der Waals surface area contributed by atoms with Gasteiger partial charge in [0.2, 0.25) is 5.91 Å². The second-order valence-corrected chi connectivity index (χ2v) is 8.13. The SMILES string of the molecule is COc1ccc([C@]2(C(=O)Nc3c(C)cccc3C)CC(=O)N2c2ccc(Cl)cc2)cc1. The first-order valence-electron chi connectivity index (χ1n) is 9.97. The summed E-state index contributed by atoms with van der Waals surface area (Å²) in [5.41, 5.74) is 2.84. The van der Waals surface area contributed by atoms with E-state index < -0.39 is 5.54 Å². The van der Waals surface area contributed by atoms with E-state index in [1.54, 1.807) is 48.4 Å². The van der Waals surface area contributed by atoms with E-state index in [9.17, 15) is 9.59 Å². The number of hydrogen-bond acceptors (Lipinski definition) is 3. The summed E-state index contributed by atoms with van der Waals surface area (Å²) in [5, 5.41) is 3.65. The number of para-hydroxylation sites is 1. The molecule has 5 nitrogen and oxygen atoms in total. The molecule has 1 saturated heterocycles. The van der Waals surface area contributed by atoms with Crippen molar-refractivity contribution in [2.24, 2.45) is 0 Å². The molecule has 0 unspecified atom stereocenters. The quantitative estimate of drug-likeness (QED) is 0.559. The maximum atomic E-state index is 13.8. The molecule has 1 heterocycles. The van der Waals surface area contributed by atoms with Gasteiger partial charge in [-0.1, -0.05) is 41.9 Å². The normalized spacial score (nSPS) is 17.8. The van der Waals surface area contributed by atoms with Crippen LogP contribution in [0, 0.1) is 13.8 Å². The topological polar surface area (TPSA) is 58.6 Å². The molecule has 0 aromatic heterocycles. The van der Waals surface area contributed by atoms with Crippen LogP contribution in [0.5, 0.6) is 5.75 Å². The molecule has 0 spiro atoms. The molecule has 0 saturated carbocycles. The minimum Gasteiger partial charge on any atom is -0.497 e. The number of benzene rings is 3.